The first-order chi connectivity index (χ1) is 2.39. The highest BCUT2D eigenvalue weighted by atomic mass is 32.7. The molecule has 0 nitrogen and oxygen atoms in total. The van der Waals surface area contributed by atoms with Crippen LogP contribution in [0.5, 0.6) is 0 Å². The van der Waals surface area contributed by atoms with Gasteiger partial charge in [0.1, 0.15) is 0 Å². The summed E-state index contributed by atoms with van der Waals surface area (Å²) >= 11 is 4.25. The summed E-state index contributed by atoms with van der Waals surface area (Å²) in [6, 6.07) is 0. The van der Waals surface area contributed by atoms with Crippen molar-refractivity contribution in [2.75, 3.05) is 12.3 Å². The molecule has 5 heavy (non-hydrogen) atoms. The highest BCUT2D eigenvalue weighted by Crippen LogP contribution is 2.49. The Hall–Kier alpha value is 0.780. The highest BCUT2D eigenvalue weighted by molar-refractivity contribution is 8.45. The first-order valence-electron chi connectivity index (χ1n) is 1.83. The minimum Gasteiger partial charge on any atom is -0.151 e. The molecule has 0 N–H and O–H groups in total. The van der Waals surface area contributed by atoms with Gasteiger partial charge in [0, 0.05) is 0 Å². The molecular weight excluding hydrogens is 99.1 g/mol. The Morgan fingerprint density at radius 1 is 1.40 bits per heavy atom. The minimum atomic E-state index is 0.277. The number of thiol groups is 1. The first kappa shape index (κ1) is 3.95. The molecule has 0 aromatic rings. The molecule has 0 spiro atoms. The van der Waals surface area contributed by atoms with Crippen LogP contribution < -0.4 is 0 Å². The molecule has 1 saturated heterocycles. The van der Waals surface area contributed by atoms with Crippen molar-refractivity contribution in [1.29, 1.82) is 0 Å². The molecule has 0 bridgehead atoms. The van der Waals surface area contributed by atoms with Gasteiger partial charge in [-0.05, 0) is 18.7 Å². The van der Waals surface area contributed by atoms with Gasteiger partial charge in [-0.15, -0.1) is 0 Å². The largest absolute Gasteiger partial charge is 0.151 e. The van der Waals surface area contributed by atoms with E-state index in [2.05, 4.69) is 12.2 Å². The molecule has 0 atom stereocenters. The van der Waals surface area contributed by atoms with Crippen LogP contribution in [0.4, 0.5) is 0 Å². The maximum atomic E-state index is 4.25. The van der Waals surface area contributed by atoms with Gasteiger partial charge in [0.2, 0.25) is 0 Å². The lowest BCUT2D eigenvalue weighted by Crippen LogP contribution is -1.97. The van der Waals surface area contributed by atoms with E-state index in [9.17, 15) is 0 Å². The fraction of sp³-hybridized carbons (Fsp3) is 1.00. The molecule has 0 aliphatic carbocycles. The average Bonchev–Trinajstić information content (AvgIpc) is 1.30. The molecule has 1 rings (SSSR count). The van der Waals surface area contributed by atoms with Crippen molar-refractivity contribution >= 4 is 19.4 Å². The summed E-state index contributed by atoms with van der Waals surface area (Å²) in [6.45, 7) is 0. The lowest BCUT2D eigenvalue weighted by atomic mass is 10.5. The van der Waals surface area contributed by atoms with E-state index in [0.717, 1.165) is 0 Å². The van der Waals surface area contributed by atoms with Gasteiger partial charge in [0.05, 0.1) is 0 Å². The standard InChI is InChI=1S/C3H7PS/c5-4-2-1-3-4/h5H,1-3H2. The van der Waals surface area contributed by atoms with Crippen molar-refractivity contribution in [3.63, 3.8) is 0 Å². The molecule has 0 aromatic carbocycles. The van der Waals surface area contributed by atoms with E-state index in [4.69, 9.17) is 0 Å². The maximum Gasteiger partial charge on any atom is -0.0232 e. The Morgan fingerprint density at radius 2 is 1.80 bits per heavy atom. The smallest absolute Gasteiger partial charge is 0.0232 e. The normalized spacial score (nSPS) is 25.8. The Labute approximate surface area is 38.9 Å². The second kappa shape index (κ2) is 1.49. The van der Waals surface area contributed by atoms with E-state index < -0.39 is 0 Å². The molecule has 0 unspecified atom stereocenters. The molecule has 30 valence electrons. The highest BCUT2D eigenvalue weighted by Gasteiger charge is 2.09. The Balaban J connectivity index is 2.08. The van der Waals surface area contributed by atoms with Gasteiger partial charge in [0.15, 0.2) is 0 Å². The number of rotatable bonds is 0. The van der Waals surface area contributed by atoms with Gasteiger partial charge < -0.3 is 0 Å². The summed E-state index contributed by atoms with van der Waals surface area (Å²) in [5.41, 5.74) is 0. The lowest BCUT2D eigenvalue weighted by molar-refractivity contribution is 1.04. The fourth-order valence-electron chi connectivity index (χ4n) is 0.300. The molecule has 1 fully saturated rings. The minimum absolute atomic E-state index is 0.277. The van der Waals surface area contributed by atoms with E-state index in [-0.39, 0.29) is 7.12 Å². The third-order valence-corrected chi connectivity index (χ3v) is 3.70. The van der Waals surface area contributed by atoms with E-state index in [1.165, 1.54) is 18.7 Å². The predicted octanol–water partition coefficient (Wildman–Crippen LogP) is 1.72. The van der Waals surface area contributed by atoms with Crippen molar-refractivity contribution < 1.29 is 0 Å². The molecule has 2 heteroatoms. The van der Waals surface area contributed by atoms with Crippen LogP contribution in [0, 0.1) is 0 Å². The molecule has 0 radical (unpaired) electrons. The van der Waals surface area contributed by atoms with E-state index in [1.807, 2.05) is 0 Å². The van der Waals surface area contributed by atoms with Gasteiger partial charge in [0.25, 0.3) is 0 Å². The molecule has 1 aliphatic heterocycles. The zero-order chi connectivity index (χ0) is 3.70. The zero-order valence-corrected chi connectivity index (χ0v) is 4.80. The summed E-state index contributed by atoms with van der Waals surface area (Å²) in [7, 11) is 0.277. The second-order valence-electron chi connectivity index (χ2n) is 1.31. The van der Waals surface area contributed by atoms with Gasteiger partial charge in [-0.2, -0.15) is 12.2 Å². The van der Waals surface area contributed by atoms with Crippen LogP contribution in [0.25, 0.3) is 0 Å². The summed E-state index contributed by atoms with van der Waals surface area (Å²) in [5, 5.41) is 0. The van der Waals surface area contributed by atoms with Crippen molar-refractivity contribution in [2.24, 2.45) is 0 Å². The van der Waals surface area contributed by atoms with Crippen molar-refractivity contribution in [3.8, 4) is 0 Å². The predicted molar refractivity (Wildman–Crippen MR) is 30.3 cm³/mol. The van der Waals surface area contributed by atoms with Crippen molar-refractivity contribution in [2.45, 2.75) is 6.42 Å². The molecule has 0 saturated carbocycles. The first-order valence-corrected chi connectivity index (χ1v) is 4.70. The Bertz CT molecular complexity index is 33.9. The van der Waals surface area contributed by atoms with E-state index in [1.54, 1.807) is 0 Å². The van der Waals surface area contributed by atoms with Crippen LogP contribution in [-0.4, -0.2) is 12.3 Å². The second-order valence-corrected chi connectivity index (χ2v) is 4.91. The van der Waals surface area contributed by atoms with Crippen molar-refractivity contribution in [3.05, 3.63) is 0 Å². The van der Waals surface area contributed by atoms with Gasteiger partial charge in [-0.3, -0.25) is 0 Å². The topological polar surface area (TPSA) is 0 Å². The summed E-state index contributed by atoms with van der Waals surface area (Å²) in [4.78, 5) is 0. The van der Waals surface area contributed by atoms with Gasteiger partial charge in [-0.1, -0.05) is 7.12 Å². The molecule has 1 heterocycles. The SMILES string of the molecule is SP1CCC1. The molecule has 0 aromatic heterocycles. The Morgan fingerprint density at radius 3 is 1.80 bits per heavy atom. The monoisotopic (exact) mass is 106 g/mol. The van der Waals surface area contributed by atoms with Gasteiger partial charge in [-0.25, -0.2) is 0 Å². The summed E-state index contributed by atoms with van der Waals surface area (Å²) in [6.07, 6.45) is 4.27. The summed E-state index contributed by atoms with van der Waals surface area (Å²) < 4.78 is 0. The fourth-order valence-corrected chi connectivity index (χ4v) is 1.75. The number of hydrogen-bond acceptors (Lipinski definition) is 1. The third-order valence-electron chi connectivity index (χ3n) is 0.832. The molecule has 1 aliphatic rings. The average molecular weight is 106 g/mol. The van der Waals surface area contributed by atoms with Crippen LogP contribution in [0.2, 0.25) is 0 Å². The quantitative estimate of drug-likeness (QED) is 0.353. The van der Waals surface area contributed by atoms with Crippen LogP contribution in [0.1, 0.15) is 6.42 Å². The third kappa shape index (κ3) is 0.804. The van der Waals surface area contributed by atoms with Crippen LogP contribution in [0.3, 0.4) is 0 Å². The van der Waals surface area contributed by atoms with Crippen LogP contribution >= 0.6 is 19.4 Å². The lowest BCUT2D eigenvalue weighted by Gasteiger charge is -2.18. The Kier molecular flexibility index (Phi) is 1.17. The van der Waals surface area contributed by atoms with Crippen LogP contribution in [0.15, 0.2) is 0 Å². The zero-order valence-electron chi connectivity index (χ0n) is 3.02. The maximum absolute atomic E-state index is 4.25. The van der Waals surface area contributed by atoms with Crippen LogP contribution in [-0.2, 0) is 0 Å². The van der Waals surface area contributed by atoms with E-state index in [0.29, 0.717) is 0 Å². The van der Waals surface area contributed by atoms with E-state index >= 15 is 0 Å². The molecular formula is C3H7PS. The molecule has 0 amide bonds. The van der Waals surface area contributed by atoms with Crippen molar-refractivity contribution in [1.82, 2.24) is 0 Å². The number of hydrogen-bond donors (Lipinski definition) is 1. The van der Waals surface area contributed by atoms with Gasteiger partial charge >= 0.3 is 0 Å². The summed E-state index contributed by atoms with van der Waals surface area (Å²) in [5.74, 6) is 0.